The van der Waals surface area contributed by atoms with Gasteiger partial charge in [-0.05, 0) is 49.3 Å². The summed E-state index contributed by atoms with van der Waals surface area (Å²) in [6.07, 6.45) is 1.89. The van der Waals surface area contributed by atoms with Crippen LogP contribution in [-0.2, 0) is 14.8 Å². The van der Waals surface area contributed by atoms with Gasteiger partial charge < -0.3 is 5.32 Å². The number of hydrogen-bond donors (Lipinski definition) is 1. The van der Waals surface area contributed by atoms with E-state index in [2.05, 4.69) is 24.4 Å². The van der Waals surface area contributed by atoms with Crippen LogP contribution in [0.5, 0.6) is 0 Å². The highest BCUT2D eigenvalue weighted by atomic mass is 32.2. The molecule has 156 valence electrons. The average molecular weight is 415 g/mol. The molecule has 0 spiro atoms. The van der Waals surface area contributed by atoms with Gasteiger partial charge in [0.05, 0.1) is 4.90 Å². The molecule has 0 radical (unpaired) electrons. The first-order valence-corrected chi connectivity index (χ1v) is 11.7. The number of aryl methyl sites for hydroxylation is 1. The molecule has 1 heterocycles. The molecule has 2 aromatic carbocycles. The van der Waals surface area contributed by atoms with E-state index in [4.69, 9.17) is 0 Å². The van der Waals surface area contributed by atoms with Gasteiger partial charge in [-0.2, -0.15) is 4.31 Å². The van der Waals surface area contributed by atoms with Crippen molar-refractivity contribution in [2.24, 2.45) is 5.92 Å². The molecule has 1 amide bonds. The lowest BCUT2D eigenvalue weighted by atomic mass is 9.94. The molecule has 1 N–H and O–H groups in total. The molecule has 2 aromatic rings. The van der Waals surface area contributed by atoms with Crippen LogP contribution < -0.4 is 5.32 Å². The second-order valence-electron chi connectivity index (χ2n) is 7.98. The molecule has 1 aliphatic heterocycles. The highest BCUT2D eigenvalue weighted by Crippen LogP contribution is 2.26. The van der Waals surface area contributed by atoms with Crippen LogP contribution in [0.25, 0.3) is 0 Å². The van der Waals surface area contributed by atoms with E-state index in [-0.39, 0.29) is 17.7 Å². The molecule has 1 saturated heterocycles. The Labute approximate surface area is 174 Å². The van der Waals surface area contributed by atoms with Gasteiger partial charge in [0.15, 0.2) is 0 Å². The highest BCUT2D eigenvalue weighted by molar-refractivity contribution is 7.89. The van der Waals surface area contributed by atoms with Crippen LogP contribution >= 0.6 is 0 Å². The number of benzene rings is 2. The number of amides is 1. The lowest BCUT2D eigenvalue weighted by Crippen LogP contribution is -2.39. The van der Waals surface area contributed by atoms with E-state index in [1.165, 1.54) is 5.56 Å². The van der Waals surface area contributed by atoms with Crippen LogP contribution in [0.15, 0.2) is 59.5 Å². The van der Waals surface area contributed by atoms with Gasteiger partial charge >= 0.3 is 0 Å². The number of rotatable bonds is 7. The van der Waals surface area contributed by atoms with Crippen molar-refractivity contribution in [1.82, 2.24) is 9.62 Å². The first kappa shape index (κ1) is 21.5. The normalized spacial score (nSPS) is 17.0. The SMILES string of the molecule is Cc1ccc(S(=O)(=O)N2CCC(CC(=O)NC[C@H](C)c3ccccc3)CC2)cc1. The van der Waals surface area contributed by atoms with Crippen molar-refractivity contribution in [3.8, 4) is 0 Å². The van der Waals surface area contributed by atoms with Gasteiger partial charge in [0.2, 0.25) is 15.9 Å². The Hall–Kier alpha value is -2.18. The first-order valence-electron chi connectivity index (χ1n) is 10.2. The summed E-state index contributed by atoms with van der Waals surface area (Å²) in [6, 6.07) is 17.1. The average Bonchev–Trinajstić information content (AvgIpc) is 2.73. The van der Waals surface area contributed by atoms with Gasteiger partial charge in [0.1, 0.15) is 0 Å². The molecule has 0 aromatic heterocycles. The van der Waals surface area contributed by atoms with E-state index in [0.29, 0.717) is 43.8 Å². The Bertz CT molecular complexity index is 903. The molecule has 29 heavy (non-hydrogen) atoms. The standard InChI is InChI=1S/C23H30N2O3S/c1-18-8-10-22(11-9-18)29(27,28)25-14-12-20(13-15-25)16-23(26)24-17-19(2)21-6-4-3-5-7-21/h3-11,19-20H,12-17H2,1-2H3,(H,24,26)/t19-/m0/s1. The van der Waals surface area contributed by atoms with Crippen molar-refractivity contribution in [3.05, 3.63) is 65.7 Å². The molecule has 0 saturated carbocycles. The maximum Gasteiger partial charge on any atom is 0.243 e. The van der Waals surface area contributed by atoms with Gasteiger partial charge in [-0.15, -0.1) is 0 Å². The molecule has 5 nitrogen and oxygen atoms in total. The third kappa shape index (κ3) is 5.67. The van der Waals surface area contributed by atoms with E-state index in [1.54, 1.807) is 16.4 Å². The van der Waals surface area contributed by atoms with Crippen molar-refractivity contribution in [2.75, 3.05) is 19.6 Å². The monoisotopic (exact) mass is 414 g/mol. The highest BCUT2D eigenvalue weighted by Gasteiger charge is 2.30. The molecule has 0 aliphatic carbocycles. The van der Waals surface area contributed by atoms with Crippen molar-refractivity contribution < 1.29 is 13.2 Å². The molecule has 1 aliphatic rings. The smallest absolute Gasteiger partial charge is 0.243 e. The van der Waals surface area contributed by atoms with Crippen LogP contribution in [0.4, 0.5) is 0 Å². The molecular formula is C23H30N2O3S. The van der Waals surface area contributed by atoms with E-state index in [1.807, 2.05) is 37.3 Å². The molecular weight excluding hydrogens is 384 g/mol. The first-order chi connectivity index (χ1) is 13.9. The largest absolute Gasteiger partial charge is 0.355 e. The zero-order valence-corrected chi connectivity index (χ0v) is 18.0. The molecule has 6 heteroatoms. The number of carbonyl (C=O) groups excluding carboxylic acids is 1. The van der Waals surface area contributed by atoms with E-state index in [0.717, 1.165) is 5.56 Å². The maximum absolute atomic E-state index is 12.8. The molecule has 0 bridgehead atoms. The Kier molecular flexibility index (Phi) is 7.09. The minimum absolute atomic E-state index is 0.0487. The Balaban J connectivity index is 1.45. The minimum Gasteiger partial charge on any atom is -0.355 e. The number of nitrogens with one attached hydrogen (secondary N) is 1. The van der Waals surface area contributed by atoms with Gasteiger partial charge in [-0.1, -0.05) is 55.0 Å². The zero-order valence-electron chi connectivity index (χ0n) is 17.2. The quantitative estimate of drug-likeness (QED) is 0.751. The molecule has 1 atom stereocenters. The van der Waals surface area contributed by atoms with Crippen molar-refractivity contribution in [2.45, 2.75) is 43.9 Å². The van der Waals surface area contributed by atoms with Crippen molar-refractivity contribution >= 4 is 15.9 Å². The van der Waals surface area contributed by atoms with Crippen LogP contribution in [0.1, 0.15) is 43.2 Å². The van der Waals surface area contributed by atoms with Crippen LogP contribution in [0.3, 0.4) is 0 Å². The van der Waals surface area contributed by atoms with Crippen molar-refractivity contribution in [1.29, 1.82) is 0 Å². The van der Waals surface area contributed by atoms with E-state index >= 15 is 0 Å². The Morgan fingerprint density at radius 2 is 1.69 bits per heavy atom. The summed E-state index contributed by atoms with van der Waals surface area (Å²) >= 11 is 0. The second-order valence-corrected chi connectivity index (χ2v) is 9.92. The van der Waals surface area contributed by atoms with Gasteiger partial charge in [0.25, 0.3) is 0 Å². The van der Waals surface area contributed by atoms with Crippen LogP contribution in [0.2, 0.25) is 0 Å². The third-order valence-electron chi connectivity index (χ3n) is 5.68. The maximum atomic E-state index is 12.8. The number of nitrogens with zero attached hydrogens (tertiary/aromatic N) is 1. The molecule has 1 fully saturated rings. The van der Waals surface area contributed by atoms with Crippen molar-refractivity contribution in [3.63, 3.8) is 0 Å². The Morgan fingerprint density at radius 3 is 2.31 bits per heavy atom. The summed E-state index contributed by atoms with van der Waals surface area (Å²) in [4.78, 5) is 12.7. The summed E-state index contributed by atoms with van der Waals surface area (Å²) in [5.41, 5.74) is 2.25. The Morgan fingerprint density at radius 1 is 1.07 bits per heavy atom. The predicted octanol–water partition coefficient (Wildman–Crippen LogP) is 3.71. The van der Waals surface area contributed by atoms with Gasteiger partial charge in [-0.25, -0.2) is 8.42 Å². The van der Waals surface area contributed by atoms with Crippen LogP contribution in [0, 0.1) is 12.8 Å². The zero-order chi connectivity index (χ0) is 20.9. The third-order valence-corrected chi connectivity index (χ3v) is 7.59. The fourth-order valence-corrected chi connectivity index (χ4v) is 5.18. The van der Waals surface area contributed by atoms with Gasteiger partial charge in [0, 0.05) is 26.1 Å². The number of carbonyl (C=O) groups is 1. The van der Waals surface area contributed by atoms with Crippen LogP contribution in [-0.4, -0.2) is 38.3 Å². The molecule has 0 unspecified atom stereocenters. The lowest BCUT2D eigenvalue weighted by Gasteiger charge is -2.31. The summed E-state index contributed by atoms with van der Waals surface area (Å²) in [7, 11) is -3.45. The summed E-state index contributed by atoms with van der Waals surface area (Å²) < 4.78 is 27.1. The number of sulfonamides is 1. The summed E-state index contributed by atoms with van der Waals surface area (Å²) in [5.74, 6) is 0.542. The summed E-state index contributed by atoms with van der Waals surface area (Å²) in [5, 5.41) is 3.03. The lowest BCUT2D eigenvalue weighted by molar-refractivity contribution is -0.122. The second kappa shape index (κ2) is 9.55. The summed E-state index contributed by atoms with van der Waals surface area (Å²) in [6.45, 7) is 5.59. The number of piperidine rings is 1. The fourth-order valence-electron chi connectivity index (χ4n) is 3.71. The minimum atomic E-state index is -3.45. The van der Waals surface area contributed by atoms with E-state index in [9.17, 15) is 13.2 Å². The number of hydrogen-bond acceptors (Lipinski definition) is 3. The molecule has 3 rings (SSSR count). The van der Waals surface area contributed by atoms with E-state index < -0.39 is 10.0 Å². The fraction of sp³-hybridized carbons (Fsp3) is 0.435. The van der Waals surface area contributed by atoms with Gasteiger partial charge in [-0.3, -0.25) is 4.79 Å². The topological polar surface area (TPSA) is 66.5 Å². The predicted molar refractivity (Wildman–Crippen MR) is 115 cm³/mol.